The highest BCUT2D eigenvalue weighted by molar-refractivity contribution is 5.93. The number of carbonyl (C=O) groups excluding carboxylic acids is 1. The number of ether oxygens (including phenoxy) is 2. The Morgan fingerprint density at radius 2 is 1.88 bits per heavy atom. The molecule has 1 aromatic carbocycles. The van der Waals surface area contributed by atoms with E-state index in [1.54, 1.807) is 50.6 Å². The molecule has 1 N–H and O–H groups in total. The quantitative estimate of drug-likeness (QED) is 0.742. The van der Waals surface area contributed by atoms with E-state index in [0.717, 1.165) is 0 Å². The normalized spacial score (nSPS) is 11.6. The molecule has 0 aliphatic rings. The van der Waals surface area contributed by atoms with Crippen LogP contribution in [0.5, 0.6) is 11.5 Å². The summed E-state index contributed by atoms with van der Waals surface area (Å²) in [5.74, 6) is 0.898. The SMILES string of the molecule is COc1ccccc1OC(C)C(=O)Nc1cc(-c2ccccn2)no1. The molecule has 2 aromatic heterocycles. The number of methoxy groups -OCH3 is 1. The fourth-order valence-electron chi connectivity index (χ4n) is 2.15. The van der Waals surface area contributed by atoms with Crippen molar-refractivity contribution in [2.24, 2.45) is 0 Å². The summed E-state index contributed by atoms with van der Waals surface area (Å²) < 4.78 is 16.0. The highest BCUT2D eigenvalue weighted by Crippen LogP contribution is 2.27. The monoisotopic (exact) mass is 339 g/mol. The third-order valence-electron chi connectivity index (χ3n) is 3.43. The molecule has 0 spiro atoms. The number of carbonyl (C=O) groups is 1. The number of hydrogen-bond acceptors (Lipinski definition) is 6. The van der Waals surface area contributed by atoms with Gasteiger partial charge in [0.2, 0.25) is 5.88 Å². The molecule has 128 valence electrons. The summed E-state index contributed by atoms with van der Waals surface area (Å²) >= 11 is 0. The van der Waals surface area contributed by atoms with Gasteiger partial charge >= 0.3 is 0 Å². The van der Waals surface area contributed by atoms with Gasteiger partial charge in [-0.1, -0.05) is 23.4 Å². The molecule has 1 unspecified atom stereocenters. The highest BCUT2D eigenvalue weighted by Gasteiger charge is 2.19. The third-order valence-corrected chi connectivity index (χ3v) is 3.43. The van der Waals surface area contributed by atoms with Crippen LogP contribution in [0, 0.1) is 0 Å². The number of pyridine rings is 1. The first kappa shape index (κ1) is 16.5. The number of aromatic nitrogens is 2. The maximum absolute atomic E-state index is 12.3. The van der Waals surface area contributed by atoms with Crippen molar-refractivity contribution in [3.05, 3.63) is 54.7 Å². The zero-order valence-corrected chi connectivity index (χ0v) is 13.8. The first-order valence-corrected chi connectivity index (χ1v) is 7.66. The molecule has 3 aromatic rings. The van der Waals surface area contributed by atoms with Crippen molar-refractivity contribution in [2.45, 2.75) is 13.0 Å². The standard InChI is InChI=1S/C18H17N3O4/c1-12(24-16-9-4-3-8-15(16)23-2)18(22)20-17-11-14(21-25-17)13-7-5-6-10-19-13/h3-12H,1-2H3,(H,20,22). The maximum Gasteiger partial charge on any atom is 0.267 e. The molecule has 0 fully saturated rings. The van der Waals surface area contributed by atoms with Crippen LogP contribution in [0.2, 0.25) is 0 Å². The van der Waals surface area contributed by atoms with E-state index in [0.29, 0.717) is 22.9 Å². The molecular formula is C18H17N3O4. The Hall–Kier alpha value is -3.35. The first-order chi connectivity index (χ1) is 12.2. The predicted molar refractivity (Wildman–Crippen MR) is 91.4 cm³/mol. The minimum absolute atomic E-state index is 0.223. The van der Waals surface area contributed by atoms with Crippen molar-refractivity contribution in [1.82, 2.24) is 10.1 Å². The molecule has 0 bridgehead atoms. The van der Waals surface area contributed by atoms with Gasteiger partial charge in [-0.3, -0.25) is 15.1 Å². The number of hydrogen-bond donors (Lipinski definition) is 1. The molecule has 0 aliphatic carbocycles. The minimum Gasteiger partial charge on any atom is -0.493 e. The van der Waals surface area contributed by atoms with Crippen LogP contribution in [0.3, 0.4) is 0 Å². The summed E-state index contributed by atoms with van der Waals surface area (Å²) in [6.07, 6.45) is 0.908. The number of benzene rings is 1. The number of para-hydroxylation sites is 2. The Morgan fingerprint density at radius 3 is 2.60 bits per heavy atom. The summed E-state index contributed by atoms with van der Waals surface area (Å²) in [5.41, 5.74) is 1.19. The number of nitrogens with one attached hydrogen (secondary N) is 1. The largest absolute Gasteiger partial charge is 0.493 e. The Labute approximate surface area is 144 Å². The average Bonchev–Trinajstić information content (AvgIpc) is 3.11. The van der Waals surface area contributed by atoms with E-state index < -0.39 is 6.10 Å². The van der Waals surface area contributed by atoms with Crippen molar-refractivity contribution in [2.75, 3.05) is 12.4 Å². The van der Waals surface area contributed by atoms with Crippen molar-refractivity contribution < 1.29 is 18.8 Å². The molecule has 0 saturated heterocycles. The summed E-state index contributed by atoms with van der Waals surface area (Å²) in [4.78, 5) is 16.5. The van der Waals surface area contributed by atoms with Crippen LogP contribution in [0.25, 0.3) is 11.4 Å². The fraction of sp³-hybridized carbons (Fsp3) is 0.167. The Balaban J connectivity index is 1.65. The van der Waals surface area contributed by atoms with Gasteiger partial charge in [0.05, 0.1) is 12.8 Å². The van der Waals surface area contributed by atoms with Gasteiger partial charge in [0.1, 0.15) is 5.69 Å². The number of rotatable bonds is 6. The van der Waals surface area contributed by atoms with Crippen LogP contribution in [-0.4, -0.2) is 29.3 Å². The van der Waals surface area contributed by atoms with Crippen LogP contribution < -0.4 is 14.8 Å². The number of anilines is 1. The molecule has 0 radical (unpaired) electrons. The predicted octanol–water partition coefficient (Wildman–Crippen LogP) is 3.15. The summed E-state index contributed by atoms with van der Waals surface area (Å²) in [6, 6.07) is 14.2. The molecule has 2 heterocycles. The highest BCUT2D eigenvalue weighted by atomic mass is 16.5. The zero-order valence-electron chi connectivity index (χ0n) is 13.8. The Kier molecular flexibility index (Phi) is 4.94. The summed E-state index contributed by atoms with van der Waals surface area (Å²) in [5, 5.41) is 6.53. The molecule has 1 amide bonds. The van der Waals surface area contributed by atoms with Gasteiger partial charge in [0.15, 0.2) is 17.6 Å². The lowest BCUT2D eigenvalue weighted by atomic mass is 10.3. The molecule has 25 heavy (non-hydrogen) atoms. The smallest absolute Gasteiger partial charge is 0.267 e. The van der Waals surface area contributed by atoms with E-state index in [1.807, 2.05) is 18.2 Å². The van der Waals surface area contributed by atoms with Gasteiger partial charge < -0.3 is 14.0 Å². The number of nitrogens with zero attached hydrogens (tertiary/aromatic N) is 2. The minimum atomic E-state index is -0.750. The second-order valence-corrected chi connectivity index (χ2v) is 5.19. The topological polar surface area (TPSA) is 86.5 Å². The second kappa shape index (κ2) is 7.48. The fourth-order valence-corrected chi connectivity index (χ4v) is 2.15. The molecule has 3 rings (SSSR count). The van der Waals surface area contributed by atoms with Crippen LogP contribution in [0.15, 0.2) is 59.3 Å². The molecular weight excluding hydrogens is 322 g/mol. The van der Waals surface area contributed by atoms with E-state index in [2.05, 4.69) is 15.5 Å². The molecule has 0 saturated carbocycles. The molecule has 7 heteroatoms. The number of amides is 1. The van der Waals surface area contributed by atoms with E-state index in [1.165, 1.54) is 0 Å². The lowest BCUT2D eigenvalue weighted by molar-refractivity contribution is -0.122. The van der Waals surface area contributed by atoms with Gasteiger partial charge in [0, 0.05) is 12.3 Å². The Bertz CT molecular complexity index is 848. The molecule has 0 aliphatic heterocycles. The van der Waals surface area contributed by atoms with E-state index in [9.17, 15) is 4.79 Å². The van der Waals surface area contributed by atoms with Crippen LogP contribution in [-0.2, 0) is 4.79 Å². The lowest BCUT2D eigenvalue weighted by Crippen LogP contribution is -2.30. The Morgan fingerprint density at radius 1 is 1.12 bits per heavy atom. The second-order valence-electron chi connectivity index (χ2n) is 5.19. The first-order valence-electron chi connectivity index (χ1n) is 7.66. The molecule has 1 atom stereocenters. The van der Waals surface area contributed by atoms with Crippen LogP contribution >= 0.6 is 0 Å². The van der Waals surface area contributed by atoms with E-state index in [-0.39, 0.29) is 11.8 Å². The van der Waals surface area contributed by atoms with E-state index >= 15 is 0 Å². The van der Waals surface area contributed by atoms with Crippen LogP contribution in [0.1, 0.15) is 6.92 Å². The van der Waals surface area contributed by atoms with Crippen LogP contribution in [0.4, 0.5) is 5.88 Å². The van der Waals surface area contributed by atoms with Crippen molar-refractivity contribution in [1.29, 1.82) is 0 Å². The lowest BCUT2D eigenvalue weighted by Gasteiger charge is -2.15. The summed E-state index contributed by atoms with van der Waals surface area (Å²) in [7, 11) is 1.54. The van der Waals surface area contributed by atoms with Crippen molar-refractivity contribution >= 4 is 11.8 Å². The summed E-state index contributed by atoms with van der Waals surface area (Å²) in [6.45, 7) is 1.64. The van der Waals surface area contributed by atoms with E-state index in [4.69, 9.17) is 14.0 Å². The van der Waals surface area contributed by atoms with Gasteiger partial charge in [-0.05, 0) is 31.2 Å². The molecule has 7 nitrogen and oxygen atoms in total. The third kappa shape index (κ3) is 3.95. The average molecular weight is 339 g/mol. The van der Waals surface area contributed by atoms with Crippen molar-refractivity contribution in [3.63, 3.8) is 0 Å². The van der Waals surface area contributed by atoms with Crippen molar-refractivity contribution in [3.8, 4) is 22.9 Å². The van der Waals surface area contributed by atoms with Gasteiger partial charge in [-0.2, -0.15) is 0 Å². The van der Waals surface area contributed by atoms with Gasteiger partial charge in [0.25, 0.3) is 5.91 Å². The maximum atomic E-state index is 12.3. The van der Waals surface area contributed by atoms with Gasteiger partial charge in [-0.15, -0.1) is 0 Å². The van der Waals surface area contributed by atoms with Gasteiger partial charge in [-0.25, -0.2) is 0 Å². The zero-order chi connectivity index (χ0) is 17.6.